The summed E-state index contributed by atoms with van der Waals surface area (Å²) in [5.74, 6) is 0.463. The molecule has 0 unspecified atom stereocenters. The van der Waals surface area contributed by atoms with E-state index in [1.807, 2.05) is 56.3 Å². The first-order valence-corrected chi connectivity index (χ1v) is 6.87. The van der Waals surface area contributed by atoms with E-state index in [-0.39, 0.29) is 12.5 Å². The van der Waals surface area contributed by atoms with E-state index in [1.54, 1.807) is 0 Å². The first-order chi connectivity index (χ1) is 10.1. The molecule has 0 aromatic heterocycles. The van der Waals surface area contributed by atoms with Gasteiger partial charge in [-0.2, -0.15) is 0 Å². The van der Waals surface area contributed by atoms with Crippen LogP contribution in [0, 0.1) is 13.8 Å². The molecule has 0 aliphatic heterocycles. The Morgan fingerprint density at radius 3 is 2.67 bits per heavy atom. The van der Waals surface area contributed by atoms with Gasteiger partial charge in [-0.1, -0.05) is 18.2 Å². The van der Waals surface area contributed by atoms with Crippen molar-refractivity contribution in [1.29, 1.82) is 0 Å². The van der Waals surface area contributed by atoms with Gasteiger partial charge < -0.3 is 15.8 Å². The fourth-order valence-electron chi connectivity index (χ4n) is 1.93. The number of amides is 1. The normalized spacial score (nSPS) is 10.2. The summed E-state index contributed by atoms with van der Waals surface area (Å²) in [6.45, 7) is 4.47. The fourth-order valence-corrected chi connectivity index (χ4v) is 1.93. The SMILES string of the molecule is Cc1ccc(NC(=O)COc2cccc(CN)c2)cc1C. The Labute approximate surface area is 124 Å². The molecular formula is C17H20N2O2. The molecule has 0 aliphatic rings. The number of carbonyl (C=O) groups is 1. The van der Waals surface area contributed by atoms with Crippen molar-refractivity contribution in [2.75, 3.05) is 11.9 Å². The van der Waals surface area contributed by atoms with Crippen LogP contribution in [0.4, 0.5) is 5.69 Å². The van der Waals surface area contributed by atoms with Gasteiger partial charge in [0.15, 0.2) is 6.61 Å². The Morgan fingerprint density at radius 2 is 1.95 bits per heavy atom. The lowest BCUT2D eigenvalue weighted by Crippen LogP contribution is -2.20. The first-order valence-electron chi connectivity index (χ1n) is 6.87. The van der Waals surface area contributed by atoms with E-state index < -0.39 is 0 Å². The number of aryl methyl sites for hydroxylation is 2. The zero-order chi connectivity index (χ0) is 15.2. The molecule has 110 valence electrons. The van der Waals surface area contributed by atoms with Gasteiger partial charge in [0, 0.05) is 12.2 Å². The first kappa shape index (κ1) is 15.1. The number of rotatable bonds is 5. The predicted molar refractivity (Wildman–Crippen MR) is 84.4 cm³/mol. The third kappa shape index (κ3) is 4.33. The summed E-state index contributed by atoms with van der Waals surface area (Å²) in [4.78, 5) is 11.9. The summed E-state index contributed by atoms with van der Waals surface area (Å²) in [7, 11) is 0. The average Bonchev–Trinajstić information content (AvgIpc) is 2.49. The van der Waals surface area contributed by atoms with Crippen molar-refractivity contribution in [3.05, 3.63) is 59.2 Å². The Balaban J connectivity index is 1.91. The number of carbonyl (C=O) groups excluding carboxylic acids is 1. The van der Waals surface area contributed by atoms with Crippen LogP contribution in [0.25, 0.3) is 0 Å². The Kier molecular flexibility index (Phi) is 4.95. The van der Waals surface area contributed by atoms with Gasteiger partial charge in [0.2, 0.25) is 0 Å². The molecule has 4 heteroatoms. The van der Waals surface area contributed by atoms with Gasteiger partial charge >= 0.3 is 0 Å². The number of benzene rings is 2. The third-order valence-electron chi connectivity index (χ3n) is 3.29. The van der Waals surface area contributed by atoms with Gasteiger partial charge in [0.05, 0.1) is 0 Å². The van der Waals surface area contributed by atoms with Gasteiger partial charge in [-0.25, -0.2) is 0 Å². The van der Waals surface area contributed by atoms with E-state index in [9.17, 15) is 4.79 Å². The highest BCUT2D eigenvalue weighted by Crippen LogP contribution is 2.15. The van der Waals surface area contributed by atoms with Crippen LogP contribution in [0.2, 0.25) is 0 Å². The quantitative estimate of drug-likeness (QED) is 0.887. The van der Waals surface area contributed by atoms with E-state index in [2.05, 4.69) is 5.32 Å². The molecule has 2 rings (SSSR count). The second-order valence-electron chi connectivity index (χ2n) is 4.99. The van der Waals surface area contributed by atoms with Crippen LogP contribution in [0.15, 0.2) is 42.5 Å². The summed E-state index contributed by atoms with van der Waals surface area (Å²) >= 11 is 0. The van der Waals surface area contributed by atoms with Crippen LogP contribution in [0.1, 0.15) is 16.7 Å². The van der Waals surface area contributed by atoms with Crippen LogP contribution >= 0.6 is 0 Å². The molecule has 0 fully saturated rings. The summed E-state index contributed by atoms with van der Waals surface area (Å²) in [5, 5.41) is 2.82. The van der Waals surface area contributed by atoms with Crippen molar-refractivity contribution in [3.8, 4) is 5.75 Å². The fraction of sp³-hybridized carbons (Fsp3) is 0.235. The molecule has 1 amide bonds. The third-order valence-corrected chi connectivity index (χ3v) is 3.29. The van der Waals surface area contributed by atoms with E-state index in [1.165, 1.54) is 5.56 Å². The smallest absolute Gasteiger partial charge is 0.262 e. The van der Waals surface area contributed by atoms with Gasteiger partial charge in [-0.15, -0.1) is 0 Å². The maximum absolute atomic E-state index is 11.9. The molecule has 2 aromatic rings. The van der Waals surface area contributed by atoms with Crippen LogP contribution < -0.4 is 15.8 Å². The molecule has 0 aliphatic carbocycles. The van der Waals surface area contributed by atoms with E-state index in [0.29, 0.717) is 12.3 Å². The molecule has 0 saturated heterocycles. The standard InChI is InChI=1S/C17H20N2O2/c1-12-6-7-15(8-13(12)2)19-17(20)11-21-16-5-3-4-14(9-16)10-18/h3-9H,10-11,18H2,1-2H3,(H,19,20). The van der Waals surface area contributed by atoms with Crippen molar-refractivity contribution in [2.45, 2.75) is 20.4 Å². The molecule has 2 aromatic carbocycles. The lowest BCUT2D eigenvalue weighted by atomic mass is 10.1. The molecule has 0 bridgehead atoms. The molecular weight excluding hydrogens is 264 g/mol. The highest BCUT2D eigenvalue weighted by molar-refractivity contribution is 5.92. The summed E-state index contributed by atoms with van der Waals surface area (Å²) < 4.78 is 5.47. The molecule has 0 atom stereocenters. The molecule has 4 nitrogen and oxygen atoms in total. The van der Waals surface area contributed by atoms with Gasteiger partial charge in [-0.05, 0) is 54.8 Å². The van der Waals surface area contributed by atoms with Crippen molar-refractivity contribution < 1.29 is 9.53 Å². The average molecular weight is 284 g/mol. The van der Waals surface area contributed by atoms with Crippen LogP contribution in [-0.4, -0.2) is 12.5 Å². The van der Waals surface area contributed by atoms with Crippen molar-refractivity contribution in [3.63, 3.8) is 0 Å². The lowest BCUT2D eigenvalue weighted by Gasteiger charge is -2.09. The number of hydrogen-bond donors (Lipinski definition) is 2. The predicted octanol–water partition coefficient (Wildman–Crippen LogP) is 2.78. The summed E-state index contributed by atoms with van der Waals surface area (Å²) in [5.41, 5.74) is 9.66. The Morgan fingerprint density at radius 1 is 1.14 bits per heavy atom. The van der Waals surface area contributed by atoms with E-state index in [0.717, 1.165) is 16.8 Å². The molecule has 0 radical (unpaired) electrons. The van der Waals surface area contributed by atoms with Gasteiger partial charge in [0.1, 0.15) is 5.75 Å². The second kappa shape index (κ2) is 6.90. The Bertz CT molecular complexity index is 638. The van der Waals surface area contributed by atoms with E-state index in [4.69, 9.17) is 10.5 Å². The minimum Gasteiger partial charge on any atom is -0.484 e. The van der Waals surface area contributed by atoms with Crippen molar-refractivity contribution >= 4 is 11.6 Å². The molecule has 0 heterocycles. The van der Waals surface area contributed by atoms with Crippen LogP contribution in [-0.2, 0) is 11.3 Å². The number of nitrogens with one attached hydrogen (secondary N) is 1. The van der Waals surface area contributed by atoms with E-state index >= 15 is 0 Å². The van der Waals surface area contributed by atoms with Gasteiger partial charge in [-0.3, -0.25) is 4.79 Å². The lowest BCUT2D eigenvalue weighted by molar-refractivity contribution is -0.118. The van der Waals surface area contributed by atoms with Gasteiger partial charge in [0.25, 0.3) is 5.91 Å². The largest absolute Gasteiger partial charge is 0.484 e. The number of nitrogens with two attached hydrogens (primary N) is 1. The zero-order valence-electron chi connectivity index (χ0n) is 12.3. The summed E-state index contributed by atoms with van der Waals surface area (Å²) in [6.07, 6.45) is 0. The topological polar surface area (TPSA) is 64.3 Å². The molecule has 0 saturated carbocycles. The minimum absolute atomic E-state index is 0.0268. The highest BCUT2D eigenvalue weighted by atomic mass is 16.5. The highest BCUT2D eigenvalue weighted by Gasteiger charge is 2.05. The van der Waals surface area contributed by atoms with Crippen LogP contribution in [0.5, 0.6) is 5.75 Å². The molecule has 3 N–H and O–H groups in total. The molecule has 21 heavy (non-hydrogen) atoms. The zero-order valence-corrected chi connectivity index (χ0v) is 12.3. The maximum Gasteiger partial charge on any atom is 0.262 e. The summed E-state index contributed by atoms with van der Waals surface area (Å²) in [6, 6.07) is 13.2. The molecule has 0 spiro atoms. The van der Waals surface area contributed by atoms with Crippen LogP contribution in [0.3, 0.4) is 0 Å². The number of hydrogen-bond acceptors (Lipinski definition) is 3. The minimum atomic E-state index is -0.184. The number of ether oxygens (including phenoxy) is 1. The second-order valence-corrected chi connectivity index (χ2v) is 4.99. The van der Waals surface area contributed by atoms with Crippen molar-refractivity contribution in [1.82, 2.24) is 0 Å². The maximum atomic E-state index is 11.9. The monoisotopic (exact) mass is 284 g/mol. The van der Waals surface area contributed by atoms with Crippen molar-refractivity contribution in [2.24, 2.45) is 5.73 Å². The Hall–Kier alpha value is -2.33. The number of anilines is 1.